The molecule has 210 valence electrons. The molecule has 6 rings (SSSR count). The van der Waals surface area contributed by atoms with Gasteiger partial charge in [0.15, 0.2) is 22.0 Å². The summed E-state index contributed by atoms with van der Waals surface area (Å²) in [7, 11) is -6.20. The maximum absolute atomic E-state index is 13.8. The number of rotatable bonds is 6. The summed E-state index contributed by atoms with van der Waals surface area (Å²) in [5.74, 6) is -2.42. The molecule has 16 heteroatoms. The zero-order valence-corrected chi connectivity index (χ0v) is 28.5. The summed E-state index contributed by atoms with van der Waals surface area (Å²) >= 11 is 8.65. The van der Waals surface area contributed by atoms with Crippen LogP contribution < -0.4 is 4.74 Å². The van der Waals surface area contributed by atoms with Crippen molar-refractivity contribution in [1.82, 2.24) is 0 Å². The number of alkyl halides is 3. The first-order valence-corrected chi connectivity index (χ1v) is 17.2. The Bertz CT molecular complexity index is 1320. The molecule has 8 nitrogen and oxygen atoms in total. The molecule has 4 saturated carbocycles. The van der Waals surface area contributed by atoms with Gasteiger partial charge in [0.25, 0.3) is 5.79 Å². The zero-order valence-electron chi connectivity index (χ0n) is 19.1. The van der Waals surface area contributed by atoms with E-state index in [-0.39, 0.29) is 30.6 Å². The van der Waals surface area contributed by atoms with Gasteiger partial charge in [0.05, 0.1) is 15.6 Å². The van der Waals surface area contributed by atoms with E-state index in [1.807, 2.05) is 0 Å². The van der Waals surface area contributed by atoms with E-state index in [0.29, 0.717) is 30.6 Å². The van der Waals surface area contributed by atoms with Crippen LogP contribution in [0.25, 0.3) is 0 Å². The van der Waals surface area contributed by atoms with Crippen LogP contribution in [0.2, 0.25) is 0 Å². The molecule has 0 N–H and O–H groups in total. The van der Waals surface area contributed by atoms with Crippen molar-refractivity contribution in [1.29, 1.82) is 0 Å². The van der Waals surface area contributed by atoms with E-state index in [2.05, 4.69) is 90.4 Å². The maximum Gasteiger partial charge on any atom is 0.364 e. The van der Waals surface area contributed by atoms with Crippen molar-refractivity contribution in [2.24, 2.45) is 23.2 Å². The maximum atomic E-state index is 13.8. The molecule has 4 aliphatic carbocycles. The predicted octanol–water partition coefficient (Wildman–Crippen LogP) is 5.59. The topological polar surface area (TPSA) is 119 Å². The normalized spacial score (nSPS) is 32.5. The number of hydrogen-bond donors (Lipinski definition) is 0. The predicted molar refractivity (Wildman–Crippen MR) is 157 cm³/mol. The minimum absolute atomic E-state index is 0.134. The third-order valence-electron chi connectivity index (χ3n) is 8.00. The molecule has 3 unspecified atom stereocenters. The highest BCUT2D eigenvalue weighted by atomic mass is 127. The second-order valence-electron chi connectivity index (χ2n) is 10.2. The Morgan fingerprint density at radius 2 is 1.63 bits per heavy atom. The van der Waals surface area contributed by atoms with Crippen LogP contribution in [-0.2, 0) is 24.4 Å². The van der Waals surface area contributed by atoms with Gasteiger partial charge in [-0.25, -0.2) is 17.6 Å². The Balaban J connectivity index is 1.35. The Morgan fingerprint density at radius 3 is 2.21 bits per heavy atom. The second-order valence-corrected chi connectivity index (χ2v) is 16.0. The van der Waals surface area contributed by atoms with Crippen LogP contribution in [0.15, 0.2) is 0 Å². The molecule has 0 aromatic heterocycles. The van der Waals surface area contributed by atoms with E-state index in [4.69, 9.17) is 14.2 Å². The van der Waals surface area contributed by atoms with Gasteiger partial charge in [0.1, 0.15) is 5.56 Å². The standard InChI is InChI=1S/C22H19F3I4O8S/c23-11(22(24,25)38(32,33)34)1-2-35-19(31)20-5-8-3-9(6-20)21(10(4-8)7-20)36-17-12(18(30)37-21)13(26)14(27)15(28)16(17)29/h8-11H,1-7H2,(H,32,33,34)/p-1. The van der Waals surface area contributed by atoms with Gasteiger partial charge in [-0.3, -0.25) is 4.79 Å². The molecule has 5 aliphatic rings. The first kappa shape index (κ1) is 30.1. The van der Waals surface area contributed by atoms with Crippen molar-refractivity contribution in [2.75, 3.05) is 6.61 Å². The molecule has 1 aliphatic heterocycles. The molecule has 1 aromatic carbocycles. The monoisotopic (exact) mass is 1010 g/mol. The number of carbonyl (C=O) groups is 2. The highest BCUT2D eigenvalue weighted by Gasteiger charge is 2.69. The van der Waals surface area contributed by atoms with Gasteiger partial charge in [-0.2, -0.15) is 8.78 Å². The molecule has 0 radical (unpaired) electrons. The quantitative estimate of drug-likeness (QED) is 0.119. The van der Waals surface area contributed by atoms with Gasteiger partial charge in [0, 0.05) is 29.0 Å². The number of ether oxygens (including phenoxy) is 3. The van der Waals surface area contributed by atoms with Crippen LogP contribution in [0, 0.1) is 37.4 Å². The van der Waals surface area contributed by atoms with E-state index < -0.39 is 57.7 Å². The smallest absolute Gasteiger partial charge is 0.364 e. The largest absolute Gasteiger partial charge is 0.743 e. The first-order chi connectivity index (χ1) is 17.5. The summed E-state index contributed by atoms with van der Waals surface area (Å²) in [5.41, 5.74) is -0.593. The summed E-state index contributed by atoms with van der Waals surface area (Å²) in [4.78, 5) is 26.5. The fourth-order valence-electron chi connectivity index (χ4n) is 6.51. The van der Waals surface area contributed by atoms with E-state index in [1.165, 1.54) is 0 Å². The van der Waals surface area contributed by atoms with Gasteiger partial charge >= 0.3 is 17.2 Å². The Morgan fingerprint density at radius 1 is 1.05 bits per heavy atom. The number of carbonyl (C=O) groups excluding carboxylic acids is 2. The van der Waals surface area contributed by atoms with Crippen molar-refractivity contribution in [3.63, 3.8) is 0 Å². The molecule has 3 atom stereocenters. The molecular weight excluding hydrogens is 989 g/mol. The lowest BCUT2D eigenvalue weighted by atomic mass is 9.47. The van der Waals surface area contributed by atoms with Crippen molar-refractivity contribution in [3.05, 3.63) is 19.8 Å². The van der Waals surface area contributed by atoms with Crippen LogP contribution in [0.5, 0.6) is 5.75 Å². The Kier molecular flexibility index (Phi) is 7.98. The minimum Gasteiger partial charge on any atom is -0.743 e. The summed E-state index contributed by atoms with van der Waals surface area (Å²) in [6, 6.07) is 0. The Hall–Kier alpha value is 0.580. The zero-order chi connectivity index (χ0) is 28.0. The third kappa shape index (κ3) is 4.58. The van der Waals surface area contributed by atoms with E-state index in [1.54, 1.807) is 0 Å². The first-order valence-electron chi connectivity index (χ1n) is 11.5. The lowest BCUT2D eigenvalue weighted by molar-refractivity contribution is -0.294. The van der Waals surface area contributed by atoms with Gasteiger partial charge in [-0.1, -0.05) is 0 Å². The molecule has 1 aromatic rings. The third-order valence-corrected chi connectivity index (χ3v) is 16.3. The summed E-state index contributed by atoms with van der Waals surface area (Å²) in [5, 5.41) is -5.11. The van der Waals surface area contributed by atoms with Gasteiger partial charge in [-0.15, -0.1) is 0 Å². The van der Waals surface area contributed by atoms with Gasteiger partial charge in [-0.05, 0) is 128 Å². The fourth-order valence-corrected chi connectivity index (χ4v) is 10.4. The summed E-state index contributed by atoms with van der Waals surface area (Å²) in [6.07, 6.45) is -2.05. The average Bonchev–Trinajstić information content (AvgIpc) is 2.83. The van der Waals surface area contributed by atoms with Crippen LogP contribution in [0.3, 0.4) is 0 Å². The SMILES string of the molecule is O=C1OC2(Oc3c(I)c(I)c(I)c(I)c31)C1CC3CC2CC(C(=O)OCCC(F)C(F)(F)S(=O)(=O)[O-])(C3)C1. The lowest BCUT2D eigenvalue weighted by Crippen LogP contribution is -2.68. The van der Waals surface area contributed by atoms with Crippen LogP contribution in [0.4, 0.5) is 13.2 Å². The van der Waals surface area contributed by atoms with Gasteiger partial charge in [0.2, 0.25) is 0 Å². The van der Waals surface area contributed by atoms with E-state index in [0.717, 1.165) is 14.3 Å². The number of halogens is 7. The fraction of sp³-hybridized carbons (Fsp3) is 0.636. The van der Waals surface area contributed by atoms with Crippen molar-refractivity contribution in [2.45, 2.75) is 55.7 Å². The second kappa shape index (κ2) is 10.1. The van der Waals surface area contributed by atoms with Crippen molar-refractivity contribution < 1.29 is 49.9 Å². The molecule has 0 saturated heterocycles. The van der Waals surface area contributed by atoms with Crippen LogP contribution in [0.1, 0.15) is 48.9 Å². The molecule has 38 heavy (non-hydrogen) atoms. The number of hydrogen-bond acceptors (Lipinski definition) is 8. The highest BCUT2D eigenvalue weighted by Crippen LogP contribution is 2.66. The van der Waals surface area contributed by atoms with Crippen LogP contribution >= 0.6 is 90.4 Å². The molecule has 4 bridgehead atoms. The Labute approximate surface area is 270 Å². The van der Waals surface area contributed by atoms with E-state index >= 15 is 0 Å². The summed E-state index contributed by atoms with van der Waals surface area (Å²) in [6.45, 7) is -0.801. The molecule has 0 amide bonds. The number of fused-ring (bicyclic) bond motifs is 1. The van der Waals surface area contributed by atoms with Gasteiger partial charge < -0.3 is 18.8 Å². The minimum atomic E-state index is -6.20. The van der Waals surface area contributed by atoms with Crippen molar-refractivity contribution >= 4 is 112 Å². The number of esters is 2. The number of benzene rings is 1. The molecule has 1 spiro atoms. The molecular formula is C22H18F3I4O8S-. The average molecular weight is 1010 g/mol. The van der Waals surface area contributed by atoms with Crippen LogP contribution in [-0.4, -0.2) is 48.7 Å². The highest BCUT2D eigenvalue weighted by molar-refractivity contribution is 14.1. The molecule has 4 fully saturated rings. The summed E-state index contributed by atoms with van der Waals surface area (Å²) < 4.78 is 93.8. The molecule has 1 heterocycles. The van der Waals surface area contributed by atoms with Crippen molar-refractivity contribution in [3.8, 4) is 5.75 Å². The van der Waals surface area contributed by atoms with E-state index in [9.17, 15) is 35.7 Å². The lowest BCUT2D eigenvalue weighted by Gasteiger charge is -2.62.